The molecule has 0 fully saturated rings. The normalized spacial score (nSPS) is 13.6. The van der Waals surface area contributed by atoms with E-state index in [1.807, 2.05) is 18.3 Å². The van der Waals surface area contributed by atoms with Crippen molar-refractivity contribution in [2.75, 3.05) is 52.9 Å². The van der Waals surface area contributed by atoms with Gasteiger partial charge in [-0.1, -0.05) is 26.0 Å². The molecule has 1 amide bonds. The first-order chi connectivity index (χ1) is 17.1. The SMILES string of the molecule is CCCN(CCC)CCCCNC(=O)c1ccc(CN(CC2=NCCN2C)Cc2ncc[nH]2)cc1. The van der Waals surface area contributed by atoms with Gasteiger partial charge < -0.3 is 20.1 Å². The zero-order chi connectivity index (χ0) is 24.9. The summed E-state index contributed by atoms with van der Waals surface area (Å²) in [7, 11) is 2.09. The van der Waals surface area contributed by atoms with Gasteiger partial charge in [0.15, 0.2) is 0 Å². The Morgan fingerprint density at radius 1 is 1.03 bits per heavy atom. The molecular formula is C27H43N7O. The highest BCUT2D eigenvalue weighted by molar-refractivity contribution is 5.94. The predicted molar refractivity (Wildman–Crippen MR) is 143 cm³/mol. The number of aromatic nitrogens is 2. The Morgan fingerprint density at radius 3 is 2.43 bits per heavy atom. The fraction of sp³-hybridized carbons (Fsp3) is 0.593. The summed E-state index contributed by atoms with van der Waals surface area (Å²) in [4.78, 5) is 31.9. The van der Waals surface area contributed by atoms with Crippen LogP contribution in [0.1, 0.15) is 61.3 Å². The number of hydrogen-bond acceptors (Lipinski definition) is 6. The van der Waals surface area contributed by atoms with Crippen LogP contribution in [0.15, 0.2) is 41.7 Å². The monoisotopic (exact) mass is 481 g/mol. The lowest BCUT2D eigenvalue weighted by molar-refractivity contribution is 0.0952. The number of imidazole rings is 1. The lowest BCUT2D eigenvalue weighted by Gasteiger charge is -2.24. The van der Waals surface area contributed by atoms with Crippen molar-refractivity contribution in [1.82, 2.24) is 30.0 Å². The number of aliphatic imine (C=N–C) groups is 1. The van der Waals surface area contributed by atoms with Crippen molar-refractivity contribution in [2.24, 2.45) is 4.99 Å². The van der Waals surface area contributed by atoms with Crippen LogP contribution in [0, 0.1) is 0 Å². The molecule has 0 saturated carbocycles. The van der Waals surface area contributed by atoms with E-state index in [4.69, 9.17) is 0 Å². The summed E-state index contributed by atoms with van der Waals surface area (Å²) in [5.74, 6) is 2.06. The third-order valence-electron chi connectivity index (χ3n) is 6.35. The summed E-state index contributed by atoms with van der Waals surface area (Å²) >= 11 is 0. The van der Waals surface area contributed by atoms with E-state index in [1.165, 1.54) is 18.4 Å². The summed E-state index contributed by atoms with van der Waals surface area (Å²) in [6.45, 7) is 12.7. The molecule has 2 heterocycles. The van der Waals surface area contributed by atoms with E-state index >= 15 is 0 Å². The fourth-order valence-electron chi connectivity index (χ4n) is 4.47. The molecule has 0 unspecified atom stereocenters. The molecule has 3 rings (SSSR count). The quantitative estimate of drug-likeness (QED) is 0.359. The second-order valence-corrected chi connectivity index (χ2v) is 9.40. The number of nitrogens with zero attached hydrogens (tertiary/aromatic N) is 5. The predicted octanol–water partition coefficient (Wildman–Crippen LogP) is 3.39. The number of unbranched alkanes of at least 4 members (excludes halogenated alkanes) is 1. The fourth-order valence-corrected chi connectivity index (χ4v) is 4.47. The third-order valence-corrected chi connectivity index (χ3v) is 6.35. The van der Waals surface area contributed by atoms with E-state index in [2.05, 4.69) is 68.0 Å². The van der Waals surface area contributed by atoms with Crippen LogP contribution < -0.4 is 5.32 Å². The van der Waals surface area contributed by atoms with Gasteiger partial charge in [0.1, 0.15) is 11.7 Å². The van der Waals surface area contributed by atoms with Crippen LogP contribution in [0.25, 0.3) is 0 Å². The van der Waals surface area contributed by atoms with Crippen LogP contribution in [0.5, 0.6) is 0 Å². The van der Waals surface area contributed by atoms with Gasteiger partial charge in [0.05, 0.1) is 19.6 Å². The van der Waals surface area contributed by atoms with Crippen LogP contribution in [0.3, 0.4) is 0 Å². The van der Waals surface area contributed by atoms with Gasteiger partial charge in [-0.15, -0.1) is 0 Å². The molecule has 8 nitrogen and oxygen atoms in total. The molecule has 0 aliphatic carbocycles. The van der Waals surface area contributed by atoms with Gasteiger partial charge in [-0.25, -0.2) is 4.98 Å². The largest absolute Gasteiger partial charge is 0.360 e. The number of likely N-dealkylation sites (N-methyl/N-ethyl adjacent to an activating group) is 1. The van der Waals surface area contributed by atoms with E-state index in [9.17, 15) is 4.79 Å². The Hall–Kier alpha value is -2.71. The Labute approximate surface area is 210 Å². The maximum Gasteiger partial charge on any atom is 0.251 e. The summed E-state index contributed by atoms with van der Waals surface area (Å²) in [6.07, 6.45) is 8.15. The summed E-state index contributed by atoms with van der Waals surface area (Å²) in [5.41, 5.74) is 1.88. The molecule has 1 aliphatic heterocycles. The zero-order valence-corrected chi connectivity index (χ0v) is 21.8. The Bertz CT molecular complexity index is 889. The summed E-state index contributed by atoms with van der Waals surface area (Å²) in [6, 6.07) is 7.97. The van der Waals surface area contributed by atoms with Gasteiger partial charge in [-0.05, 0) is 63.0 Å². The van der Waals surface area contributed by atoms with Gasteiger partial charge in [0, 0.05) is 44.6 Å². The van der Waals surface area contributed by atoms with Crippen LogP contribution in [-0.2, 0) is 13.1 Å². The number of H-pyrrole nitrogens is 1. The van der Waals surface area contributed by atoms with Gasteiger partial charge >= 0.3 is 0 Å². The van der Waals surface area contributed by atoms with Crippen LogP contribution in [0.2, 0.25) is 0 Å². The summed E-state index contributed by atoms with van der Waals surface area (Å²) in [5, 5.41) is 3.08. The Balaban J connectivity index is 1.46. The third kappa shape index (κ3) is 9.11. The first-order valence-electron chi connectivity index (χ1n) is 13.1. The van der Waals surface area contributed by atoms with E-state index < -0.39 is 0 Å². The molecule has 192 valence electrons. The number of nitrogens with one attached hydrogen (secondary N) is 2. The highest BCUT2D eigenvalue weighted by Crippen LogP contribution is 2.12. The first kappa shape index (κ1) is 26.9. The minimum atomic E-state index is 0.00454. The standard InChI is InChI=1S/C27H43N7O/c1-4-16-33(17-5-2)18-7-6-12-31-27(35)24-10-8-23(9-11-24)20-34(21-25-28-13-14-29-25)22-26-30-15-19-32(26)3/h8-11,13-14H,4-7,12,15-22H2,1-3H3,(H,28,29)(H,31,35). The van der Waals surface area contributed by atoms with Gasteiger partial charge in [0.2, 0.25) is 0 Å². The smallest absolute Gasteiger partial charge is 0.251 e. The number of amidine groups is 1. The maximum absolute atomic E-state index is 12.6. The first-order valence-corrected chi connectivity index (χ1v) is 13.1. The lowest BCUT2D eigenvalue weighted by atomic mass is 10.1. The van der Waals surface area contributed by atoms with Crippen molar-refractivity contribution in [3.05, 3.63) is 53.6 Å². The van der Waals surface area contributed by atoms with E-state index in [0.29, 0.717) is 5.56 Å². The minimum Gasteiger partial charge on any atom is -0.360 e. The minimum absolute atomic E-state index is 0.00454. The second kappa shape index (κ2) is 14.6. The Morgan fingerprint density at radius 2 is 1.80 bits per heavy atom. The molecule has 2 N–H and O–H groups in total. The topological polar surface area (TPSA) is 79.9 Å². The van der Waals surface area contributed by atoms with E-state index in [1.54, 1.807) is 6.20 Å². The number of carbonyl (C=O) groups is 1. The van der Waals surface area contributed by atoms with E-state index in [-0.39, 0.29) is 5.91 Å². The molecule has 0 bridgehead atoms. The second-order valence-electron chi connectivity index (χ2n) is 9.40. The molecule has 0 saturated heterocycles. The lowest BCUT2D eigenvalue weighted by Crippen LogP contribution is -2.36. The van der Waals surface area contributed by atoms with Crippen molar-refractivity contribution in [3.63, 3.8) is 0 Å². The molecular weight excluding hydrogens is 438 g/mol. The van der Waals surface area contributed by atoms with Crippen molar-refractivity contribution in [1.29, 1.82) is 0 Å². The molecule has 1 aromatic heterocycles. The molecule has 0 atom stereocenters. The number of rotatable bonds is 16. The van der Waals surface area contributed by atoms with Gasteiger partial charge in [-0.2, -0.15) is 0 Å². The number of carbonyl (C=O) groups excluding carboxylic acids is 1. The van der Waals surface area contributed by atoms with Crippen LogP contribution in [-0.4, -0.2) is 89.3 Å². The van der Waals surface area contributed by atoms with Gasteiger partial charge in [-0.3, -0.25) is 14.7 Å². The van der Waals surface area contributed by atoms with Crippen molar-refractivity contribution in [2.45, 2.75) is 52.6 Å². The average molecular weight is 482 g/mol. The molecule has 2 aromatic rings. The van der Waals surface area contributed by atoms with Crippen molar-refractivity contribution < 1.29 is 4.79 Å². The number of amides is 1. The maximum atomic E-state index is 12.6. The zero-order valence-electron chi connectivity index (χ0n) is 21.8. The molecule has 0 radical (unpaired) electrons. The van der Waals surface area contributed by atoms with Crippen LogP contribution >= 0.6 is 0 Å². The summed E-state index contributed by atoms with van der Waals surface area (Å²) < 4.78 is 0. The number of hydrogen-bond donors (Lipinski definition) is 2. The average Bonchev–Trinajstić information content (AvgIpc) is 3.51. The highest BCUT2D eigenvalue weighted by Gasteiger charge is 2.18. The van der Waals surface area contributed by atoms with E-state index in [0.717, 1.165) is 83.4 Å². The number of benzene rings is 1. The van der Waals surface area contributed by atoms with Crippen molar-refractivity contribution >= 4 is 11.7 Å². The number of aromatic amines is 1. The molecule has 1 aliphatic rings. The van der Waals surface area contributed by atoms with Gasteiger partial charge in [0.25, 0.3) is 5.91 Å². The highest BCUT2D eigenvalue weighted by atomic mass is 16.1. The molecule has 1 aromatic carbocycles. The van der Waals surface area contributed by atoms with Crippen LogP contribution in [0.4, 0.5) is 0 Å². The molecule has 8 heteroatoms. The Kier molecular flexibility index (Phi) is 11.2. The molecule has 0 spiro atoms. The van der Waals surface area contributed by atoms with Crippen molar-refractivity contribution in [3.8, 4) is 0 Å². The molecule has 35 heavy (non-hydrogen) atoms.